The van der Waals surface area contributed by atoms with Crippen molar-refractivity contribution in [3.05, 3.63) is 30.0 Å². The fourth-order valence-corrected chi connectivity index (χ4v) is 3.21. The van der Waals surface area contributed by atoms with Crippen molar-refractivity contribution in [1.29, 1.82) is 0 Å². The molecule has 1 aromatic carbocycles. The summed E-state index contributed by atoms with van der Waals surface area (Å²) in [7, 11) is 0. The van der Waals surface area contributed by atoms with Crippen LogP contribution >= 0.6 is 0 Å². The van der Waals surface area contributed by atoms with Crippen LogP contribution in [0.1, 0.15) is 44.7 Å². The number of para-hydroxylation sites is 2. The van der Waals surface area contributed by atoms with Crippen LogP contribution in [0.15, 0.2) is 24.3 Å². The summed E-state index contributed by atoms with van der Waals surface area (Å²) >= 11 is 0. The van der Waals surface area contributed by atoms with Gasteiger partial charge in [0.05, 0.1) is 16.7 Å². The summed E-state index contributed by atoms with van der Waals surface area (Å²) in [5, 5.41) is 3.63. The van der Waals surface area contributed by atoms with Crippen LogP contribution < -0.4 is 5.32 Å². The van der Waals surface area contributed by atoms with E-state index in [2.05, 4.69) is 17.2 Å². The van der Waals surface area contributed by atoms with Crippen molar-refractivity contribution in [3.8, 4) is 0 Å². The number of nitrogens with one attached hydrogen (secondary N) is 1. The van der Waals surface area contributed by atoms with Crippen molar-refractivity contribution < 1.29 is 0 Å². The highest BCUT2D eigenvalue weighted by Gasteiger charge is 2.21. The summed E-state index contributed by atoms with van der Waals surface area (Å²) in [5.41, 5.74) is 2.96. The minimum atomic E-state index is 0.558. The van der Waals surface area contributed by atoms with Gasteiger partial charge in [0.2, 0.25) is 0 Å². The van der Waals surface area contributed by atoms with Gasteiger partial charge in [0.25, 0.3) is 0 Å². The van der Waals surface area contributed by atoms with E-state index in [0.29, 0.717) is 6.04 Å². The zero-order valence-electron chi connectivity index (χ0n) is 12.4. The van der Waals surface area contributed by atoms with E-state index < -0.39 is 0 Å². The molecule has 1 heterocycles. The highest BCUT2D eigenvalue weighted by atomic mass is 15.0. The molecule has 0 radical (unpaired) electrons. The molecule has 1 N–H and O–H groups in total. The maximum absolute atomic E-state index is 4.75. The molecule has 2 unspecified atom stereocenters. The molecule has 1 aromatic heterocycles. The number of hydrogen-bond donors (Lipinski definition) is 1. The summed E-state index contributed by atoms with van der Waals surface area (Å²) in [4.78, 5) is 9.40. The molecular weight excluding hydrogens is 246 g/mol. The molecule has 3 rings (SSSR count). The molecule has 1 aliphatic rings. The van der Waals surface area contributed by atoms with E-state index in [9.17, 15) is 0 Å². The Morgan fingerprint density at radius 1 is 1.15 bits per heavy atom. The van der Waals surface area contributed by atoms with Crippen LogP contribution in [0.25, 0.3) is 11.0 Å². The maximum atomic E-state index is 4.75. The van der Waals surface area contributed by atoms with Gasteiger partial charge in [-0.1, -0.05) is 38.3 Å². The second-order valence-electron chi connectivity index (χ2n) is 5.93. The second kappa shape index (κ2) is 5.78. The van der Waals surface area contributed by atoms with Gasteiger partial charge in [-0.25, -0.2) is 9.97 Å². The van der Waals surface area contributed by atoms with Gasteiger partial charge < -0.3 is 5.32 Å². The number of aromatic nitrogens is 2. The van der Waals surface area contributed by atoms with Crippen molar-refractivity contribution in [3.63, 3.8) is 0 Å². The zero-order valence-corrected chi connectivity index (χ0v) is 12.4. The largest absolute Gasteiger partial charge is 0.366 e. The molecule has 0 saturated heterocycles. The third-order valence-electron chi connectivity index (χ3n) is 4.45. The zero-order chi connectivity index (χ0) is 13.9. The van der Waals surface area contributed by atoms with E-state index in [-0.39, 0.29) is 0 Å². The predicted octanol–water partition coefficient (Wildman–Crippen LogP) is 4.32. The molecule has 1 aliphatic carbocycles. The van der Waals surface area contributed by atoms with Gasteiger partial charge in [0.1, 0.15) is 5.82 Å². The third kappa shape index (κ3) is 2.77. The van der Waals surface area contributed by atoms with E-state index in [4.69, 9.17) is 4.98 Å². The van der Waals surface area contributed by atoms with Crippen molar-refractivity contribution in [2.24, 2.45) is 5.92 Å². The molecule has 3 heteroatoms. The van der Waals surface area contributed by atoms with Crippen LogP contribution in [-0.4, -0.2) is 16.0 Å². The van der Waals surface area contributed by atoms with Gasteiger partial charge in [0.15, 0.2) is 0 Å². The minimum Gasteiger partial charge on any atom is -0.366 e. The highest BCUT2D eigenvalue weighted by molar-refractivity contribution is 5.76. The topological polar surface area (TPSA) is 37.8 Å². The molecule has 1 fully saturated rings. The van der Waals surface area contributed by atoms with Crippen molar-refractivity contribution >= 4 is 16.9 Å². The van der Waals surface area contributed by atoms with E-state index in [1.165, 1.54) is 32.1 Å². The first kappa shape index (κ1) is 13.3. The monoisotopic (exact) mass is 269 g/mol. The first-order valence-corrected chi connectivity index (χ1v) is 7.76. The molecule has 1 saturated carbocycles. The first-order valence-electron chi connectivity index (χ1n) is 7.76. The van der Waals surface area contributed by atoms with E-state index >= 15 is 0 Å². The molecule has 106 valence electrons. The predicted molar refractivity (Wildman–Crippen MR) is 83.9 cm³/mol. The van der Waals surface area contributed by atoms with Crippen LogP contribution in [0.4, 0.5) is 5.82 Å². The number of nitrogens with zero attached hydrogens (tertiary/aromatic N) is 2. The van der Waals surface area contributed by atoms with Crippen molar-refractivity contribution in [2.45, 2.75) is 52.0 Å². The Morgan fingerprint density at radius 3 is 2.65 bits per heavy atom. The van der Waals surface area contributed by atoms with Gasteiger partial charge >= 0.3 is 0 Å². The van der Waals surface area contributed by atoms with E-state index in [1.54, 1.807) is 0 Å². The standard InChI is InChI=1S/C17H23N3/c1-3-13-7-6-8-14(11-13)19-17-12(2)18-15-9-4-5-10-16(15)20-17/h4-5,9-10,13-14H,3,6-8,11H2,1-2H3,(H,19,20). The average Bonchev–Trinajstić information content (AvgIpc) is 2.48. The van der Waals surface area contributed by atoms with Gasteiger partial charge in [-0.2, -0.15) is 0 Å². The molecule has 0 bridgehead atoms. The molecule has 2 atom stereocenters. The molecule has 3 nitrogen and oxygen atoms in total. The maximum Gasteiger partial charge on any atom is 0.148 e. The molecule has 0 spiro atoms. The molecule has 2 aromatic rings. The van der Waals surface area contributed by atoms with Gasteiger partial charge in [-0.05, 0) is 37.8 Å². The third-order valence-corrected chi connectivity index (χ3v) is 4.45. The SMILES string of the molecule is CCC1CCCC(Nc2nc3ccccc3nc2C)C1. The van der Waals surface area contributed by atoms with Crippen LogP contribution in [-0.2, 0) is 0 Å². The van der Waals surface area contributed by atoms with Crippen molar-refractivity contribution in [1.82, 2.24) is 9.97 Å². The number of fused-ring (bicyclic) bond motifs is 1. The first-order chi connectivity index (χ1) is 9.76. The number of aryl methyl sites for hydroxylation is 1. The van der Waals surface area contributed by atoms with Crippen LogP contribution in [0.5, 0.6) is 0 Å². The Bertz CT molecular complexity index is 594. The quantitative estimate of drug-likeness (QED) is 0.901. The number of hydrogen-bond acceptors (Lipinski definition) is 3. The Balaban J connectivity index is 1.81. The van der Waals surface area contributed by atoms with Gasteiger partial charge in [-0.15, -0.1) is 0 Å². The molecule has 20 heavy (non-hydrogen) atoms. The van der Waals surface area contributed by atoms with E-state index in [0.717, 1.165) is 28.5 Å². The van der Waals surface area contributed by atoms with Crippen LogP contribution in [0.3, 0.4) is 0 Å². The number of anilines is 1. The van der Waals surface area contributed by atoms with Gasteiger partial charge in [0, 0.05) is 6.04 Å². The van der Waals surface area contributed by atoms with Gasteiger partial charge in [-0.3, -0.25) is 0 Å². The number of rotatable bonds is 3. The van der Waals surface area contributed by atoms with E-state index in [1.807, 2.05) is 31.2 Å². The molecule has 0 amide bonds. The minimum absolute atomic E-state index is 0.558. The summed E-state index contributed by atoms with van der Waals surface area (Å²) in [5.74, 6) is 1.83. The Labute approximate surface area is 120 Å². The fraction of sp³-hybridized carbons (Fsp3) is 0.529. The lowest BCUT2D eigenvalue weighted by atomic mass is 9.84. The summed E-state index contributed by atoms with van der Waals surface area (Å²) < 4.78 is 0. The van der Waals surface area contributed by atoms with Crippen molar-refractivity contribution in [2.75, 3.05) is 5.32 Å². The Kier molecular flexibility index (Phi) is 3.86. The van der Waals surface area contributed by atoms with Crippen LogP contribution in [0.2, 0.25) is 0 Å². The fourth-order valence-electron chi connectivity index (χ4n) is 3.21. The summed E-state index contributed by atoms with van der Waals surface area (Å²) in [6.45, 7) is 4.34. The lowest BCUT2D eigenvalue weighted by molar-refractivity contribution is 0.327. The number of benzene rings is 1. The highest BCUT2D eigenvalue weighted by Crippen LogP contribution is 2.29. The van der Waals surface area contributed by atoms with Crippen LogP contribution in [0, 0.1) is 12.8 Å². The second-order valence-corrected chi connectivity index (χ2v) is 5.93. The lowest BCUT2D eigenvalue weighted by Crippen LogP contribution is -2.28. The Morgan fingerprint density at radius 2 is 1.90 bits per heavy atom. The Hall–Kier alpha value is -1.64. The normalized spacial score (nSPS) is 22.9. The molecule has 0 aliphatic heterocycles. The molecular formula is C17H23N3. The lowest BCUT2D eigenvalue weighted by Gasteiger charge is -2.29. The average molecular weight is 269 g/mol. The summed E-state index contributed by atoms with van der Waals surface area (Å²) in [6.07, 6.45) is 6.53. The smallest absolute Gasteiger partial charge is 0.148 e. The summed E-state index contributed by atoms with van der Waals surface area (Å²) in [6, 6.07) is 8.64.